The first-order valence-electron chi connectivity index (χ1n) is 21.2. The maximum atomic E-state index is 14.9. The number of aromatic hydroxyl groups is 15. The van der Waals surface area contributed by atoms with Gasteiger partial charge in [0.15, 0.2) is 93.4 Å². The summed E-state index contributed by atoms with van der Waals surface area (Å²) >= 11 is 0. The number of cyclic esters (lactones) is 2. The minimum atomic E-state index is -3.09. The van der Waals surface area contributed by atoms with Crippen LogP contribution in [0, 0.1) is 0 Å². The molecule has 4 heterocycles. The second kappa shape index (κ2) is 18.8. The molecule has 30 nitrogen and oxygen atoms in total. The third-order valence-corrected chi connectivity index (χ3v) is 12.4. The van der Waals surface area contributed by atoms with Gasteiger partial charge in [0, 0.05) is 27.8 Å². The predicted octanol–water partition coefficient (Wildman–Crippen LogP) is -0.968. The van der Waals surface area contributed by atoms with Crippen molar-refractivity contribution in [1.29, 1.82) is 0 Å². The number of ether oxygens (including phenoxy) is 5. The Balaban J connectivity index is 1.48. The van der Waals surface area contributed by atoms with Gasteiger partial charge in [-0.3, -0.25) is 4.79 Å². The second-order valence-corrected chi connectivity index (χ2v) is 16.8. The third-order valence-electron chi connectivity index (χ3n) is 12.4. The summed E-state index contributed by atoms with van der Waals surface area (Å²) in [6.45, 7) is -3.06. The molecule has 19 N–H and O–H groups in total. The van der Waals surface area contributed by atoms with Gasteiger partial charge in [-0.2, -0.15) is 0 Å². The number of carbonyl (C=O) groups is 6. The number of hydrogen-bond donors (Lipinski definition) is 19. The van der Waals surface area contributed by atoms with Gasteiger partial charge < -0.3 is 121 Å². The number of Topliss-reactive ketones (excluding diaryl/α,β-unsaturated/α-hetero) is 1. The number of benzene rings is 5. The topological polar surface area (TPSA) is 533 Å². The molecule has 0 aromatic heterocycles. The number of aliphatic hydroxyl groups excluding tert-OH is 4. The lowest BCUT2D eigenvalue weighted by Crippen LogP contribution is -2.58. The number of hydrogen-bond acceptors (Lipinski definition) is 30. The van der Waals surface area contributed by atoms with Crippen molar-refractivity contribution in [3.63, 3.8) is 0 Å². The summed E-state index contributed by atoms with van der Waals surface area (Å²) in [6, 6.07) is 1.77. The van der Waals surface area contributed by atoms with Crippen LogP contribution in [0.1, 0.15) is 63.3 Å². The Labute approximate surface area is 418 Å². The van der Waals surface area contributed by atoms with E-state index in [9.17, 15) is 126 Å². The van der Waals surface area contributed by atoms with E-state index in [0.29, 0.717) is 18.2 Å². The molecular formula is C46H36O30. The Hall–Kier alpha value is -10.0. The van der Waals surface area contributed by atoms with Gasteiger partial charge in [0.1, 0.15) is 24.9 Å². The lowest BCUT2D eigenvalue weighted by molar-refractivity contribution is -0.156. The normalized spacial score (nSPS) is 20.2. The van der Waals surface area contributed by atoms with E-state index >= 15 is 0 Å². The van der Waals surface area contributed by atoms with E-state index in [1.165, 1.54) is 0 Å². The Morgan fingerprint density at radius 2 is 0.908 bits per heavy atom. The maximum absolute atomic E-state index is 14.9. The number of ketones is 1. The number of fused-ring (bicyclic) bond motifs is 6. The van der Waals surface area contributed by atoms with E-state index < -0.39 is 239 Å². The van der Waals surface area contributed by atoms with Gasteiger partial charge >= 0.3 is 29.8 Å². The highest BCUT2D eigenvalue weighted by molar-refractivity contribution is 6.13. The van der Waals surface area contributed by atoms with Crippen LogP contribution >= 0.6 is 0 Å². The quantitative estimate of drug-likeness (QED) is 0.0505. The average Bonchev–Trinajstić information content (AvgIpc) is 3.48. The third kappa shape index (κ3) is 8.10. The molecular weight excluding hydrogens is 1030 g/mol. The van der Waals surface area contributed by atoms with E-state index in [1.807, 2.05) is 0 Å². The zero-order valence-corrected chi connectivity index (χ0v) is 37.4. The second-order valence-electron chi connectivity index (χ2n) is 16.8. The van der Waals surface area contributed by atoms with Gasteiger partial charge in [-0.05, 0) is 30.3 Å². The highest BCUT2D eigenvalue weighted by Crippen LogP contribution is 2.59. The lowest BCUT2D eigenvalue weighted by Gasteiger charge is -2.42. The van der Waals surface area contributed by atoms with Crippen LogP contribution < -0.4 is 0 Å². The van der Waals surface area contributed by atoms with Crippen LogP contribution in [-0.2, 0) is 28.5 Å². The Morgan fingerprint density at radius 1 is 0.487 bits per heavy atom. The van der Waals surface area contributed by atoms with Crippen LogP contribution in [0.15, 0.2) is 30.3 Å². The number of aliphatic hydroxyl groups is 4. The first-order chi connectivity index (χ1) is 35.6. The van der Waals surface area contributed by atoms with Crippen LogP contribution in [0.4, 0.5) is 0 Å². The number of esters is 5. The molecule has 0 amide bonds. The molecule has 0 aliphatic carbocycles. The summed E-state index contributed by atoms with van der Waals surface area (Å²) in [6.07, 6.45) is -20.2. The van der Waals surface area contributed by atoms with Gasteiger partial charge in [0.25, 0.3) is 0 Å². The molecule has 1 unspecified atom stereocenters. The van der Waals surface area contributed by atoms with Gasteiger partial charge in [-0.25, -0.2) is 24.0 Å². The molecule has 0 saturated carbocycles. The molecule has 9 rings (SSSR count). The van der Waals surface area contributed by atoms with E-state index in [0.717, 1.165) is 0 Å². The van der Waals surface area contributed by atoms with Gasteiger partial charge in [-0.1, -0.05) is 0 Å². The first-order valence-corrected chi connectivity index (χ1v) is 21.2. The molecule has 76 heavy (non-hydrogen) atoms. The lowest BCUT2D eigenvalue weighted by atomic mass is 9.74. The fourth-order valence-electron chi connectivity index (χ4n) is 8.72. The Kier molecular flexibility index (Phi) is 12.9. The average molecular weight is 1070 g/mol. The highest BCUT2D eigenvalue weighted by Gasteiger charge is 2.57. The van der Waals surface area contributed by atoms with Crippen LogP contribution in [-0.4, -0.2) is 189 Å². The zero-order valence-electron chi connectivity index (χ0n) is 37.4. The zero-order chi connectivity index (χ0) is 56.0. The van der Waals surface area contributed by atoms with Crippen molar-refractivity contribution in [1.82, 2.24) is 0 Å². The van der Waals surface area contributed by atoms with Crippen molar-refractivity contribution in [2.45, 2.75) is 48.6 Å². The molecule has 0 saturated heterocycles. The summed E-state index contributed by atoms with van der Waals surface area (Å²) in [4.78, 5) is 87.4. The fraction of sp³-hybridized carbons (Fsp3) is 0.217. The summed E-state index contributed by atoms with van der Waals surface area (Å²) in [5.74, 6) is -36.9. The molecule has 8 atom stereocenters. The van der Waals surface area contributed by atoms with Gasteiger partial charge in [0.05, 0.1) is 40.3 Å². The minimum Gasteiger partial charge on any atom is -0.504 e. The van der Waals surface area contributed by atoms with Crippen molar-refractivity contribution >= 4 is 35.6 Å². The fourth-order valence-corrected chi connectivity index (χ4v) is 8.72. The number of rotatable bonds is 8. The van der Waals surface area contributed by atoms with Gasteiger partial charge in [0.2, 0.25) is 23.0 Å². The van der Waals surface area contributed by atoms with Crippen molar-refractivity contribution in [2.24, 2.45) is 0 Å². The summed E-state index contributed by atoms with van der Waals surface area (Å²) < 4.78 is 27.9. The standard InChI is InChI=1S/C46H36O30/c47-6-17(53)30(58)37(65)36(64)25-23-24-22(34(62)38(66)35(23)63)21-11(5-16(52)29(57)33(21)61)45(70)76-41(40(25)75-46(24)71)39-18(73-42(67)8-1-12(48)26(54)13(49)2-8)7-72-43(68)9-3-14(50)27(55)31(59)19(9)20-10(44(69)74-39)4-15(51)28(56)32(20)60/h1-5,17-18,25,30,37,39-41,47-63,65-66H,6-7H2/t17-,18+,25+,30+,37+,39+,40?,41-/m0/s1. The van der Waals surface area contributed by atoms with Crippen LogP contribution in [0.5, 0.6) is 86.2 Å². The molecule has 30 heteroatoms. The number of carbonyl (C=O) groups excluding carboxylic acids is 6. The molecule has 400 valence electrons. The number of phenols is 15. The van der Waals surface area contributed by atoms with Crippen LogP contribution in [0.25, 0.3) is 22.3 Å². The molecule has 0 radical (unpaired) electrons. The Morgan fingerprint density at radius 3 is 1.39 bits per heavy atom. The first kappa shape index (κ1) is 52.3. The summed E-state index contributed by atoms with van der Waals surface area (Å²) in [7, 11) is 0. The molecule has 4 bridgehead atoms. The SMILES string of the molecule is O=C(O[C@@H]1COC(=O)c2cc(O)c(O)c(O)c2-c2c(cc(O)c(O)c2O)C(=O)O[C@H]1[C@@H]1OC(=O)c2cc(O)c(O)c(O)c2-c2c(O)c(O)c(O)c3c2C(=O)OC1[C@H]3C(=O)[C@H](O)[C@H](O)[C@@H](O)CO)c1cc(O)c(O)c(O)c1. The molecule has 5 aromatic rings. The molecule has 0 fully saturated rings. The molecule has 0 spiro atoms. The van der Waals surface area contributed by atoms with E-state index in [4.69, 9.17) is 23.7 Å². The molecule has 5 aromatic carbocycles. The summed E-state index contributed by atoms with van der Waals surface area (Å²) in [5, 5.41) is 204. The Bertz CT molecular complexity index is 3360. The van der Waals surface area contributed by atoms with Crippen molar-refractivity contribution < 1.29 is 149 Å². The van der Waals surface area contributed by atoms with Crippen molar-refractivity contribution in [3.05, 3.63) is 63.7 Å². The van der Waals surface area contributed by atoms with E-state index in [2.05, 4.69) is 0 Å². The summed E-state index contributed by atoms with van der Waals surface area (Å²) in [5.41, 5.74) is -12.5. The highest BCUT2D eigenvalue weighted by atomic mass is 16.6. The maximum Gasteiger partial charge on any atom is 0.339 e. The van der Waals surface area contributed by atoms with Crippen molar-refractivity contribution in [2.75, 3.05) is 13.2 Å². The number of phenolic OH excluding ortho intramolecular Hbond substituents is 15. The molecule has 4 aliphatic rings. The molecule has 4 aliphatic heterocycles. The van der Waals surface area contributed by atoms with Crippen LogP contribution in [0.3, 0.4) is 0 Å². The van der Waals surface area contributed by atoms with Crippen molar-refractivity contribution in [3.8, 4) is 108 Å². The van der Waals surface area contributed by atoms with Crippen LogP contribution in [0.2, 0.25) is 0 Å². The predicted molar refractivity (Wildman–Crippen MR) is 235 cm³/mol. The monoisotopic (exact) mass is 1070 g/mol. The van der Waals surface area contributed by atoms with Gasteiger partial charge in [-0.15, -0.1) is 0 Å². The van der Waals surface area contributed by atoms with E-state index in [1.54, 1.807) is 0 Å². The smallest absolute Gasteiger partial charge is 0.339 e. The minimum absolute atomic E-state index is 0.249. The van der Waals surface area contributed by atoms with E-state index in [-0.39, 0.29) is 12.1 Å². The largest absolute Gasteiger partial charge is 0.504 e.